The maximum absolute atomic E-state index is 12.2. The van der Waals surface area contributed by atoms with E-state index in [0.717, 1.165) is 31.9 Å². The number of aryl methyl sites for hydroxylation is 1. The number of piperazine rings is 1. The first kappa shape index (κ1) is 23.9. The van der Waals surface area contributed by atoms with Crippen molar-refractivity contribution in [2.24, 2.45) is 0 Å². The average molecular weight is 506 g/mol. The molecule has 1 saturated heterocycles. The molecule has 1 fully saturated rings. The Morgan fingerprint density at radius 3 is 2.47 bits per heavy atom. The van der Waals surface area contributed by atoms with Crippen molar-refractivity contribution in [3.63, 3.8) is 0 Å². The van der Waals surface area contributed by atoms with Gasteiger partial charge in [-0.25, -0.2) is 4.98 Å². The molecule has 0 bridgehead atoms. The number of rotatable bonds is 5. The maximum atomic E-state index is 12.2. The minimum absolute atomic E-state index is 0.0899. The SMILES string of the molecule is C=C1Oc2ccc(Nc3nc(Nc4ccc(N5CCN(C)CC5)c(C)c4)ncc3Cl)cc2N(C)C1=O. The lowest BCUT2D eigenvalue weighted by Crippen LogP contribution is -2.44. The van der Waals surface area contributed by atoms with Crippen molar-refractivity contribution in [3.05, 3.63) is 65.5 Å². The first-order chi connectivity index (χ1) is 17.3. The molecule has 0 atom stereocenters. The summed E-state index contributed by atoms with van der Waals surface area (Å²) in [5.74, 6) is 1.21. The average Bonchev–Trinajstić information content (AvgIpc) is 2.86. The molecule has 0 spiro atoms. The molecule has 5 rings (SSSR count). The van der Waals surface area contributed by atoms with Crippen molar-refractivity contribution < 1.29 is 9.53 Å². The zero-order valence-corrected chi connectivity index (χ0v) is 21.3. The minimum atomic E-state index is -0.292. The summed E-state index contributed by atoms with van der Waals surface area (Å²) < 4.78 is 5.51. The highest BCUT2D eigenvalue weighted by atomic mass is 35.5. The number of nitrogens with one attached hydrogen (secondary N) is 2. The van der Waals surface area contributed by atoms with Crippen LogP contribution in [0.3, 0.4) is 0 Å². The van der Waals surface area contributed by atoms with Gasteiger partial charge < -0.3 is 30.1 Å². The number of ether oxygens (including phenoxy) is 1. The van der Waals surface area contributed by atoms with Gasteiger partial charge >= 0.3 is 0 Å². The zero-order chi connectivity index (χ0) is 25.4. The Hall–Kier alpha value is -3.82. The molecule has 186 valence electrons. The molecule has 0 unspecified atom stereocenters. The highest BCUT2D eigenvalue weighted by Gasteiger charge is 2.26. The predicted molar refractivity (Wildman–Crippen MR) is 144 cm³/mol. The Bertz CT molecular complexity index is 1340. The minimum Gasteiger partial charge on any atom is -0.450 e. The van der Waals surface area contributed by atoms with Gasteiger partial charge in [-0.3, -0.25) is 4.79 Å². The third-order valence-electron chi connectivity index (χ3n) is 6.40. The molecule has 3 heterocycles. The van der Waals surface area contributed by atoms with E-state index >= 15 is 0 Å². The Balaban J connectivity index is 1.32. The highest BCUT2D eigenvalue weighted by molar-refractivity contribution is 6.32. The van der Waals surface area contributed by atoms with E-state index in [4.69, 9.17) is 16.3 Å². The van der Waals surface area contributed by atoms with Gasteiger partial charge in [0.25, 0.3) is 5.91 Å². The number of fused-ring (bicyclic) bond motifs is 1. The zero-order valence-electron chi connectivity index (χ0n) is 20.5. The summed E-state index contributed by atoms with van der Waals surface area (Å²) in [7, 11) is 3.83. The lowest BCUT2D eigenvalue weighted by atomic mass is 10.1. The number of carbonyl (C=O) groups excluding carboxylic acids is 1. The molecule has 1 aromatic heterocycles. The summed E-state index contributed by atoms with van der Waals surface area (Å²) in [5, 5.41) is 6.85. The third-order valence-corrected chi connectivity index (χ3v) is 6.68. The summed E-state index contributed by atoms with van der Waals surface area (Å²) in [6.45, 7) is 9.94. The van der Waals surface area contributed by atoms with E-state index < -0.39 is 0 Å². The van der Waals surface area contributed by atoms with Crippen LogP contribution in [0.5, 0.6) is 5.75 Å². The standard InChI is InChI=1S/C26H28ClN7O2/c1-16-13-18(5-7-21(16)34-11-9-32(3)10-12-34)30-26-28-15-20(27)24(31-26)29-19-6-8-23-22(14-19)33(4)25(35)17(2)36-23/h5-8,13-15H,2,9-12H2,1,3-4H3,(H2,28,29,30,31). The van der Waals surface area contributed by atoms with Gasteiger partial charge in [-0.2, -0.15) is 4.98 Å². The Labute approximate surface area is 215 Å². The van der Waals surface area contributed by atoms with E-state index in [1.165, 1.54) is 16.2 Å². The lowest BCUT2D eigenvalue weighted by molar-refractivity contribution is -0.117. The van der Waals surface area contributed by atoms with Gasteiger partial charge in [0.05, 0.1) is 11.9 Å². The normalized spacial score (nSPS) is 16.0. The molecule has 2 aliphatic heterocycles. The molecular weight excluding hydrogens is 478 g/mol. The predicted octanol–water partition coefficient (Wildman–Crippen LogP) is 4.55. The third kappa shape index (κ3) is 4.80. The van der Waals surface area contributed by atoms with E-state index in [1.807, 2.05) is 12.1 Å². The quantitative estimate of drug-likeness (QED) is 0.489. The highest BCUT2D eigenvalue weighted by Crippen LogP contribution is 2.37. The summed E-state index contributed by atoms with van der Waals surface area (Å²) >= 11 is 6.38. The van der Waals surface area contributed by atoms with Gasteiger partial charge in [0.15, 0.2) is 17.3 Å². The largest absolute Gasteiger partial charge is 0.450 e. The van der Waals surface area contributed by atoms with E-state index in [1.54, 1.807) is 25.4 Å². The lowest BCUT2D eigenvalue weighted by Gasteiger charge is -2.35. The smallest absolute Gasteiger partial charge is 0.293 e. The van der Waals surface area contributed by atoms with Crippen molar-refractivity contribution in [2.45, 2.75) is 6.92 Å². The summed E-state index contributed by atoms with van der Waals surface area (Å²) in [6.07, 6.45) is 1.55. The number of likely N-dealkylation sites (N-methyl/N-ethyl adjacent to an activating group) is 2. The number of carbonyl (C=O) groups is 1. The van der Waals surface area contributed by atoms with Crippen LogP contribution in [-0.2, 0) is 4.79 Å². The van der Waals surface area contributed by atoms with Gasteiger partial charge in [-0.15, -0.1) is 0 Å². The molecule has 2 aromatic carbocycles. The van der Waals surface area contributed by atoms with E-state index in [0.29, 0.717) is 33.9 Å². The molecule has 9 nitrogen and oxygen atoms in total. The van der Waals surface area contributed by atoms with Crippen molar-refractivity contribution >= 4 is 52.0 Å². The number of amides is 1. The van der Waals surface area contributed by atoms with Crippen LogP contribution in [0, 0.1) is 6.92 Å². The van der Waals surface area contributed by atoms with E-state index in [2.05, 4.69) is 63.1 Å². The fourth-order valence-electron chi connectivity index (χ4n) is 4.33. The van der Waals surface area contributed by atoms with Crippen LogP contribution >= 0.6 is 11.6 Å². The van der Waals surface area contributed by atoms with Crippen LogP contribution in [0.1, 0.15) is 5.56 Å². The monoisotopic (exact) mass is 505 g/mol. The molecule has 10 heteroatoms. The fourth-order valence-corrected chi connectivity index (χ4v) is 4.47. The van der Waals surface area contributed by atoms with Crippen molar-refractivity contribution in [3.8, 4) is 5.75 Å². The van der Waals surface area contributed by atoms with Crippen LogP contribution in [0.25, 0.3) is 0 Å². The van der Waals surface area contributed by atoms with Crippen LogP contribution < -0.4 is 25.2 Å². The molecule has 36 heavy (non-hydrogen) atoms. The number of aromatic nitrogens is 2. The van der Waals surface area contributed by atoms with Gasteiger partial charge in [-0.05, 0) is 55.9 Å². The van der Waals surface area contributed by atoms with Crippen LogP contribution in [0.15, 0.2) is 54.9 Å². The van der Waals surface area contributed by atoms with Gasteiger partial charge in [0, 0.05) is 50.3 Å². The number of hydrogen-bond acceptors (Lipinski definition) is 8. The Morgan fingerprint density at radius 1 is 1.00 bits per heavy atom. The number of halogens is 1. The van der Waals surface area contributed by atoms with Crippen molar-refractivity contribution in [1.82, 2.24) is 14.9 Å². The molecule has 0 radical (unpaired) electrons. The second-order valence-electron chi connectivity index (χ2n) is 9.00. The molecule has 1 amide bonds. The molecule has 0 saturated carbocycles. The number of nitrogens with zero attached hydrogens (tertiary/aromatic N) is 5. The first-order valence-corrected chi connectivity index (χ1v) is 12.1. The van der Waals surface area contributed by atoms with Crippen LogP contribution in [0.4, 0.5) is 34.5 Å². The van der Waals surface area contributed by atoms with E-state index in [-0.39, 0.29) is 11.7 Å². The summed E-state index contributed by atoms with van der Waals surface area (Å²) in [4.78, 5) is 27.4. The van der Waals surface area contributed by atoms with Crippen LogP contribution in [0.2, 0.25) is 5.02 Å². The van der Waals surface area contributed by atoms with Gasteiger partial charge in [0.2, 0.25) is 5.95 Å². The topological polar surface area (TPSA) is 85.9 Å². The molecule has 3 aromatic rings. The number of hydrogen-bond donors (Lipinski definition) is 2. The molecular formula is C26H28ClN7O2. The van der Waals surface area contributed by atoms with Crippen molar-refractivity contribution in [2.75, 3.05) is 60.7 Å². The molecule has 2 N–H and O–H groups in total. The summed E-state index contributed by atoms with van der Waals surface area (Å²) in [6, 6.07) is 11.7. The van der Waals surface area contributed by atoms with Gasteiger partial charge in [-0.1, -0.05) is 18.2 Å². The van der Waals surface area contributed by atoms with Crippen LogP contribution in [-0.4, -0.2) is 61.0 Å². The maximum Gasteiger partial charge on any atom is 0.293 e. The Kier molecular flexibility index (Phi) is 6.42. The second kappa shape index (κ2) is 9.67. The molecule has 0 aliphatic carbocycles. The fraction of sp³-hybridized carbons (Fsp3) is 0.269. The second-order valence-corrected chi connectivity index (χ2v) is 9.41. The summed E-state index contributed by atoms with van der Waals surface area (Å²) in [5.41, 5.74) is 4.65. The molecule has 2 aliphatic rings. The first-order valence-electron chi connectivity index (χ1n) is 11.7. The number of anilines is 6. The Morgan fingerprint density at radius 2 is 1.72 bits per heavy atom. The van der Waals surface area contributed by atoms with Gasteiger partial charge in [0.1, 0.15) is 5.02 Å². The number of benzene rings is 2. The van der Waals surface area contributed by atoms with E-state index in [9.17, 15) is 4.79 Å². The van der Waals surface area contributed by atoms with Crippen molar-refractivity contribution in [1.29, 1.82) is 0 Å².